The van der Waals surface area contributed by atoms with Gasteiger partial charge in [-0.3, -0.25) is 9.59 Å². The molecule has 2 heterocycles. The molecule has 0 radical (unpaired) electrons. The molecule has 0 bridgehead atoms. The average molecular weight is 338 g/mol. The van der Waals surface area contributed by atoms with Gasteiger partial charge in [-0.2, -0.15) is 0 Å². The van der Waals surface area contributed by atoms with E-state index in [1.165, 1.54) is 24.8 Å². The fourth-order valence-electron chi connectivity index (χ4n) is 4.44. The molecule has 1 aliphatic carbocycles. The summed E-state index contributed by atoms with van der Waals surface area (Å²) in [5.41, 5.74) is 2.36. The maximum absolute atomic E-state index is 12.9. The minimum Gasteiger partial charge on any atom is -0.349 e. The van der Waals surface area contributed by atoms with Crippen LogP contribution in [0, 0.1) is 0 Å². The molecule has 1 atom stereocenters. The maximum atomic E-state index is 12.9. The minimum atomic E-state index is -0.203. The van der Waals surface area contributed by atoms with Crippen LogP contribution >= 0.6 is 0 Å². The molecular weight excluding hydrogens is 312 g/mol. The molecule has 1 aliphatic heterocycles. The van der Waals surface area contributed by atoms with Crippen LogP contribution in [0.15, 0.2) is 29.2 Å². The molecule has 1 saturated carbocycles. The smallest absolute Gasteiger partial charge is 0.256 e. The Morgan fingerprint density at radius 1 is 1.12 bits per heavy atom. The first-order valence-electron chi connectivity index (χ1n) is 9.63. The fourth-order valence-corrected chi connectivity index (χ4v) is 4.44. The zero-order valence-corrected chi connectivity index (χ0v) is 14.9. The summed E-state index contributed by atoms with van der Waals surface area (Å²) in [5.74, 6) is -0.203. The quantitative estimate of drug-likeness (QED) is 0.901. The van der Waals surface area contributed by atoms with E-state index in [-0.39, 0.29) is 23.4 Å². The van der Waals surface area contributed by atoms with Crippen LogP contribution in [0.3, 0.4) is 0 Å². The molecular formula is C21H26N2O2. The van der Waals surface area contributed by atoms with Crippen molar-refractivity contribution < 1.29 is 4.79 Å². The molecule has 1 amide bonds. The lowest BCUT2D eigenvalue weighted by atomic mass is 9.96. The van der Waals surface area contributed by atoms with Crippen molar-refractivity contribution >= 4 is 16.8 Å². The summed E-state index contributed by atoms with van der Waals surface area (Å²) in [6.45, 7) is 2.14. The van der Waals surface area contributed by atoms with Crippen molar-refractivity contribution in [2.75, 3.05) is 0 Å². The Labute approximate surface area is 148 Å². The molecule has 0 unspecified atom stereocenters. The van der Waals surface area contributed by atoms with Crippen molar-refractivity contribution in [1.82, 2.24) is 9.88 Å². The van der Waals surface area contributed by atoms with Gasteiger partial charge in [-0.15, -0.1) is 0 Å². The highest BCUT2D eigenvalue weighted by molar-refractivity contribution is 5.98. The lowest BCUT2D eigenvalue weighted by Gasteiger charge is -2.21. The normalized spacial score (nSPS) is 21.1. The number of rotatable bonds is 2. The van der Waals surface area contributed by atoms with E-state index in [1.54, 1.807) is 6.20 Å². The molecule has 4 nitrogen and oxygen atoms in total. The zero-order chi connectivity index (χ0) is 17.4. The molecule has 4 rings (SSSR count). The first kappa shape index (κ1) is 16.4. The summed E-state index contributed by atoms with van der Waals surface area (Å²) in [4.78, 5) is 25.7. The minimum absolute atomic E-state index is 0.134. The predicted octanol–water partition coefficient (Wildman–Crippen LogP) is 3.96. The number of pyridine rings is 1. The van der Waals surface area contributed by atoms with Crippen LogP contribution in [-0.2, 0) is 6.42 Å². The van der Waals surface area contributed by atoms with Gasteiger partial charge in [0, 0.05) is 23.7 Å². The van der Waals surface area contributed by atoms with Gasteiger partial charge in [-0.25, -0.2) is 0 Å². The first-order valence-corrected chi connectivity index (χ1v) is 9.63. The highest BCUT2D eigenvalue weighted by Crippen LogP contribution is 2.30. The van der Waals surface area contributed by atoms with E-state index >= 15 is 0 Å². The second-order valence-corrected chi connectivity index (χ2v) is 7.66. The number of amides is 1. The summed E-state index contributed by atoms with van der Waals surface area (Å²) < 4.78 is 2.11. The van der Waals surface area contributed by atoms with E-state index in [0.29, 0.717) is 10.9 Å². The number of carbonyl (C=O) groups is 1. The second kappa shape index (κ2) is 6.66. The number of benzene rings is 1. The van der Waals surface area contributed by atoms with Crippen LogP contribution in [0.4, 0.5) is 0 Å². The van der Waals surface area contributed by atoms with Crippen LogP contribution in [0.5, 0.6) is 0 Å². The molecule has 4 heteroatoms. The number of carbonyl (C=O) groups excluding carboxylic acids is 1. The van der Waals surface area contributed by atoms with Crippen LogP contribution in [-0.4, -0.2) is 16.5 Å². The third-order valence-corrected chi connectivity index (χ3v) is 5.81. The van der Waals surface area contributed by atoms with Gasteiger partial charge in [0.1, 0.15) is 5.56 Å². The third kappa shape index (κ3) is 2.99. The summed E-state index contributed by atoms with van der Waals surface area (Å²) >= 11 is 0. The molecule has 1 aromatic heterocycles. The molecule has 132 valence electrons. The van der Waals surface area contributed by atoms with Gasteiger partial charge in [0.05, 0.1) is 5.52 Å². The van der Waals surface area contributed by atoms with E-state index < -0.39 is 0 Å². The molecule has 0 spiro atoms. The molecule has 2 aromatic rings. The number of para-hydroxylation sites is 1. The van der Waals surface area contributed by atoms with E-state index in [1.807, 2.05) is 12.1 Å². The van der Waals surface area contributed by atoms with E-state index in [0.717, 1.165) is 37.6 Å². The van der Waals surface area contributed by atoms with Crippen molar-refractivity contribution in [2.24, 2.45) is 0 Å². The largest absolute Gasteiger partial charge is 0.349 e. The van der Waals surface area contributed by atoms with Crippen LogP contribution < -0.4 is 10.7 Å². The van der Waals surface area contributed by atoms with E-state index in [2.05, 4.69) is 22.9 Å². The monoisotopic (exact) mass is 338 g/mol. The van der Waals surface area contributed by atoms with Crippen molar-refractivity contribution in [3.63, 3.8) is 0 Å². The van der Waals surface area contributed by atoms with Gasteiger partial charge in [-0.05, 0) is 37.8 Å². The van der Waals surface area contributed by atoms with Gasteiger partial charge >= 0.3 is 0 Å². The van der Waals surface area contributed by atoms with Gasteiger partial charge in [0.2, 0.25) is 5.43 Å². The maximum Gasteiger partial charge on any atom is 0.256 e. The number of hydrogen-bond donors (Lipinski definition) is 1. The molecule has 25 heavy (non-hydrogen) atoms. The fraction of sp³-hybridized carbons (Fsp3) is 0.524. The Balaban J connectivity index is 1.67. The second-order valence-electron chi connectivity index (χ2n) is 7.66. The number of nitrogens with one attached hydrogen (secondary N) is 1. The Hall–Kier alpha value is -2.10. The Kier molecular flexibility index (Phi) is 4.36. The highest BCUT2D eigenvalue weighted by Gasteiger charge is 2.25. The Morgan fingerprint density at radius 3 is 2.60 bits per heavy atom. The van der Waals surface area contributed by atoms with Gasteiger partial charge in [0.25, 0.3) is 5.91 Å². The number of nitrogens with zero attached hydrogens (tertiary/aromatic N) is 1. The lowest BCUT2D eigenvalue weighted by Crippen LogP contribution is -2.38. The molecule has 0 saturated heterocycles. The van der Waals surface area contributed by atoms with E-state index in [9.17, 15) is 9.59 Å². The lowest BCUT2D eigenvalue weighted by molar-refractivity contribution is 0.0928. The summed E-state index contributed by atoms with van der Waals surface area (Å²) in [5, 5.41) is 3.81. The SMILES string of the molecule is C[C@@H]1Cc2cccc3c(=O)c(C(=O)NC4CCCCCCC4)cn1c23. The molecule has 1 N–H and O–H groups in total. The number of aromatic nitrogens is 1. The zero-order valence-electron chi connectivity index (χ0n) is 14.9. The predicted molar refractivity (Wildman–Crippen MR) is 100 cm³/mol. The van der Waals surface area contributed by atoms with Crippen molar-refractivity contribution in [2.45, 2.75) is 70.4 Å². The summed E-state index contributed by atoms with van der Waals surface area (Å²) in [6.07, 6.45) is 10.9. The molecule has 1 aromatic carbocycles. The Bertz CT molecular complexity index is 860. The van der Waals surface area contributed by atoms with Crippen LogP contribution in [0.2, 0.25) is 0 Å². The van der Waals surface area contributed by atoms with Crippen molar-refractivity contribution in [1.29, 1.82) is 0 Å². The van der Waals surface area contributed by atoms with Crippen molar-refractivity contribution in [3.8, 4) is 0 Å². The van der Waals surface area contributed by atoms with Gasteiger partial charge < -0.3 is 9.88 Å². The first-order chi connectivity index (χ1) is 12.1. The van der Waals surface area contributed by atoms with E-state index in [4.69, 9.17) is 0 Å². The average Bonchev–Trinajstić information content (AvgIpc) is 2.89. The van der Waals surface area contributed by atoms with Crippen molar-refractivity contribution in [3.05, 3.63) is 45.7 Å². The van der Waals surface area contributed by atoms with Gasteiger partial charge in [-0.1, -0.05) is 44.2 Å². The Morgan fingerprint density at radius 2 is 1.84 bits per heavy atom. The van der Waals surface area contributed by atoms with Crippen LogP contribution in [0.25, 0.3) is 10.9 Å². The highest BCUT2D eigenvalue weighted by atomic mass is 16.2. The summed E-state index contributed by atoms with van der Waals surface area (Å²) in [7, 11) is 0. The molecule has 2 aliphatic rings. The number of hydrogen-bond acceptors (Lipinski definition) is 2. The molecule has 1 fully saturated rings. The standard InChI is InChI=1S/C21H26N2O2/c1-14-12-15-8-7-11-17-19(15)23(14)13-18(20(17)24)21(25)22-16-9-5-3-2-4-6-10-16/h7-8,11,13-14,16H,2-6,9-10,12H2,1H3,(H,22,25)/t14-/m1/s1. The third-order valence-electron chi connectivity index (χ3n) is 5.81. The topological polar surface area (TPSA) is 51.1 Å². The summed E-state index contributed by atoms with van der Waals surface area (Å²) in [6, 6.07) is 6.34. The van der Waals surface area contributed by atoms with Gasteiger partial charge in [0.15, 0.2) is 0 Å². The van der Waals surface area contributed by atoms with Crippen LogP contribution in [0.1, 0.15) is 73.8 Å².